The molecule has 0 saturated heterocycles. The van der Waals surface area contributed by atoms with Gasteiger partial charge in [0, 0.05) is 18.3 Å². The van der Waals surface area contributed by atoms with Gasteiger partial charge in [-0.2, -0.15) is 0 Å². The average molecular weight is 293 g/mol. The number of nitrogens with zero attached hydrogens (tertiary/aromatic N) is 1. The number of nitrogens with one attached hydrogen (secondary N) is 1. The first-order chi connectivity index (χ1) is 9.75. The molecule has 2 atom stereocenters. The number of carbonyl (C=O) groups is 2. The largest absolute Gasteiger partial charge is 0.433 e. The molecule has 6 heteroatoms. The van der Waals surface area contributed by atoms with Crippen LogP contribution in [-0.4, -0.2) is 22.3 Å². The van der Waals surface area contributed by atoms with Gasteiger partial charge in [0.15, 0.2) is 5.60 Å². The van der Waals surface area contributed by atoms with Crippen LogP contribution in [-0.2, 0) is 9.53 Å². The van der Waals surface area contributed by atoms with Crippen LogP contribution in [0.4, 0.5) is 4.79 Å². The molecular weight excluding hydrogens is 270 g/mol. The van der Waals surface area contributed by atoms with Crippen molar-refractivity contribution in [1.82, 2.24) is 4.68 Å². The normalized spacial score (nSPS) is 25.6. The van der Waals surface area contributed by atoms with Gasteiger partial charge in [0.25, 0.3) is 5.91 Å². The highest BCUT2D eigenvalue weighted by atomic mass is 16.6. The van der Waals surface area contributed by atoms with E-state index in [2.05, 4.69) is 5.43 Å². The molecule has 6 nitrogen and oxygen atoms in total. The van der Waals surface area contributed by atoms with E-state index in [0.717, 1.165) is 12.8 Å². The van der Waals surface area contributed by atoms with Crippen LogP contribution in [0.15, 0.2) is 24.5 Å². The molecule has 2 amide bonds. The van der Waals surface area contributed by atoms with Crippen molar-refractivity contribution in [2.45, 2.75) is 45.6 Å². The fraction of sp³-hybridized carbons (Fsp3) is 0.600. The maximum absolute atomic E-state index is 12.8. The molecule has 3 N–H and O–H groups in total. The Hall–Kier alpha value is -1.98. The van der Waals surface area contributed by atoms with Gasteiger partial charge in [-0.15, -0.1) is 0 Å². The summed E-state index contributed by atoms with van der Waals surface area (Å²) in [5.74, 6) is -0.400. The molecule has 1 aromatic rings. The zero-order valence-electron chi connectivity index (χ0n) is 12.8. The Morgan fingerprint density at radius 1 is 1.33 bits per heavy atom. The number of rotatable bonds is 3. The fourth-order valence-corrected chi connectivity index (χ4v) is 3.35. The number of hydrogen-bond acceptors (Lipinski definition) is 3. The maximum atomic E-state index is 12.8. The van der Waals surface area contributed by atoms with Gasteiger partial charge in [-0.25, -0.2) is 4.79 Å². The molecule has 21 heavy (non-hydrogen) atoms. The average Bonchev–Trinajstić information content (AvgIpc) is 2.96. The summed E-state index contributed by atoms with van der Waals surface area (Å²) in [5.41, 5.74) is 6.62. The molecular formula is C15H23N3O3. The van der Waals surface area contributed by atoms with E-state index in [1.165, 1.54) is 0 Å². The molecule has 1 heterocycles. The number of aromatic nitrogens is 1. The van der Waals surface area contributed by atoms with Crippen molar-refractivity contribution in [3.8, 4) is 0 Å². The van der Waals surface area contributed by atoms with Gasteiger partial charge >= 0.3 is 6.09 Å². The van der Waals surface area contributed by atoms with E-state index in [0.29, 0.717) is 6.42 Å². The van der Waals surface area contributed by atoms with E-state index in [1.807, 2.05) is 20.8 Å². The summed E-state index contributed by atoms with van der Waals surface area (Å²) in [7, 11) is 0. The molecule has 1 aromatic heterocycles. The van der Waals surface area contributed by atoms with Gasteiger partial charge < -0.3 is 10.5 Å². The zero-order valence-corrected chi connectivity index (χ0v) is 12.8. The van der Waals surface area contributed by atoms with E-state index >= 15 is 0 Å². The molecule has 0 bridgehead atoms. The van der Waals surface area contributed by atoms with E-state index in [4.69, 9.17) is 10.5 Å². The van der Waals surface area contributed by atoms with E-state index in [9.17, 15) is 9.59 Å². The molecule has 116 valence electrons. The molecule has 0 radical (unpaired) electrons. The second-order valence-electron chi connectivity index (χ2n) is 6.65. The minimum atomic E-state index is -1.20. The van der Waals surface area contributed by atoms with Crippen molar-refractivity contribution >= 4 is 12.0 Å². The summed E-state index contributed by atoms with van der Waals surface area (Å²) >= 11 is 0. The SMILES string of the molecule is CC(C)(C)C1CCCC1(OC(N)=O)C(=O)Nn1cccc1. The zero-order chi connectivity index (χ0) is 15.7. The molecule has 1 aliphatic carbocycles. The number of nitrogens with two attached hydrogens (primary N) is 1. The third kappa shape index (κ3) is 3.04. The molecule has 2 rings (SSSR count). The van der Waals surface area contributed by atoms with Crippen molar-refractivity contribution in [2.24, 2.45) is 17.1 Å². The second kappa shape index (κ2) is 5.42. The number of carbonyl (C=O) groups excluding carboxylic acids is 2. The number of amides is 2. The highest BCUT2D eigenvalue weighted by Gasteiger charge is 2.56. The Labute approximate surface area is 124 Å². The second-order valence-corrected chi connectivity index (χ2v) is 6.65. The Balaban J connectivity index is 2.32. The lowest BCUT2D eigenvalue weighted by Crippen LogP contribution is -2.55. The van der Waals surface area contributed by atoms with Gasteiger partial charge in [0.05, 0.1) is 0 Å². The lowest BCUT2D eigenvalue weighted by Gasteiger charge is -2.40. The smallest absolute Gasteiger partial charge is 0.405 e. The van der Waals surface area contributed by atoms with Crippen molar-refractivity contribution in [3.05, 3.63) is 24.5 Å². The van der Waals surface area contributed by atoms with Crippen LogP contribution in [0.3, 0.4) is 0 Å². The summed E-state index contributed by atoms with van der Waals surface area (Å²) in [6.45, 7) is 6.14. The summed E-state index contributed by atoms with van der Waals surface area (Å²) in [6.07, 6.45) is 4.68. The van der Waals surface area contributed by atoms with Gasteiger partial charge in [-0.3, -0.25) is 14.9 Å². The minimum absolute atomic E-state index is 0.0759. The Morgan fingerprint density at radius 2 is 1.95 bits per heavy atom. The first-order valence-corrected chi connectivity index (χ1v) is 7.18. The number of ether oxygens (including phenoxy) is 1. The number of primary amides is 1. The summed E-state index contributed by atoms with van der Waals surface area (Å²) in [5, 5.41) is 0. The molecule has 1 fully saturated rings. The Morgan fingerprint density at radius 3 is 2.48 bits per heavy atom. The van der Waals surface area contributed by atoms with Gasteiger partial charge in [0.1, 0.15) is 0 Å². The van der Waals surface area contributed by atoms with Gasteiger partial charge in [0.2, 0.25) is 0 Å². The number of hydrogen-bond donors (Lipinski definition) is 2. The van der Waals surface area contributed by atoms with Crippen LogP contribution < -0.4 is 11.2 Å². The van der Waals surface area contributed by atoms with Crippen LogP contribution in [0.2, 0.25) is 0 Å². The molecule has 0 spiro atoms. The molecule has 1 aliphatic rings. The van der Waals surface area contributed by atoms with Crippen LogP contribution in [0.5, 0.6) is 0 Å². The predicted molar refractivity (Wildman–Crippen MR) is 79.0 cm³/mol. The fourth-order valence-electron chi connectivity index (χ4n) is 3.35. The predicted octanol–water partition coefficient (Wildman–Crippen LogP) is 2.24. The summed E-state index contributed by atoms with van der Waals surface area (Å²) < 4.78 is 6.91. The Bertz CT molecular complexity index is 519. The van der Waals surface area contributed by atoms with E-state index in [-0.39, 0.29) is 17.2 Å². The highest BCUT2D eigenvalue weighted by Crippen LogP contribution is 2.48. The first-order valence-electron chi connectivity index (χ1n) is 7.18. The lowest BCUT2D eigenvalue weighted by molar-refractivity contribution is -0.143. The van der Waals surface area contributed by atoms with Crippen molar-refractivity contribution < 1.29 is 14.3 Å². The van der Waals surface area contributed by atoms with E-state index in [1.54, 1.807) is 29.2 Å². The maximum Gasteiger partial charge on any atom is 0.405 e. The third-order valence-electron chi connectivity index (χ3n) is 4.15. The lowest BCUT2D eigenvalue weighted by atomic mass is 9.72. The van der Waals surface area contributed by atoms with Crippen LogP contribution in [0, 0.1) is 11.3 Å². The molecule has 0 aromatic carbocycles. The van der Waals surface area contributed by atoms with Crippen molar-refractivity contribution in [3.63, 3.8) is 0 Å². The third-order valence-corrected chi connectivity index (χ3v) is 4.15. The summed E-state index contributed by atoms with van der Waals surface area (Å²) in [6, 6.07) is 3.61. The quantitative estimate of drug-likeness (QED) is 0.896. The minimum Gasteiger partial charge on any atom is -0.433 e. The van der Waals surface area contributed by atoms with Crippen LogP contribution in [0.25, 0.3) is 0 Å². The van der Waals surface area contributed by atoms with Crippen LogP contribution >= 0.6 is 0 Å². The van der Waals surface area contributed by atoms with Crippen LogP contribution in [0.1, 0.15) is 40.0 Å². The van der Waals surface area contributed by atoms with E-state index < -0.39 is 11.7 Å². The first kappa shape index (κ1) is 15.4. The monoisotopic (exact) mass is 293 g/mol. The van der Waals surface area contributed by atoms with Gasteiger partial charge in [-0.05, 0) is 36.8 Å². The van der Waals surface area contributed by atoms with Crippen molar-refractivity contribution in [1.29, 1.82) is 0 Å². The topological polar surface area (TPSA) is 86.3 Å². The highest BCUT2D eigenvalue weighted by molar-refractivity contribution is 5.94. The standard InChI is InChI=1S/C15H23N3O3/c1-14(2,3)11-7-6-8-15(11,21-13(16)20)12(19)17-18-9-4-5-10-18/h4-5,9-11H,6-8H2,1-3H3,(H2,16,20)(H,17,19). The van der Waals surface area contributed by atoms with Gasteiger partial charge in [-0.1, -0.05) is 20.8 Å². The molecule has 1 saturated carbocycles. The molecule has 0 aliphatic heterocycles. The van der Waals surface area contributed by atoms with Crippen molar-refractivity contribution in [2.75, 3.05) is 5.43 Å². The molecule has 2 unspecified atom stereocenters. The Kier molecular flexibility index (Phi) is 3.98. The summed E-state index contributed by atoms with van der Waals surface area (Å²) in [4.78, 5) is 24.1.